The molecular formula is C17H18N6O2S2. The van der Waals surface area contributed by atoms with Gasteiger partial charge in [0, 0.05) is 24.3 Å². The highest BCUT2D eigenvalue weighted by Gasteiger charge is 2.15. The van der Waals surface area contributed by atoms with Crippen molar-refractivity contribution in [3.05, 3.63) is 47.2 Å². The van der Waals surface area contributed by atoms with Gasteiger partial charge in [-0.25, -0.2) is 4.98 Å². The minimum absolute atomic E-state index is 0.101. The zero-order valence-electron chi connectivity index (χ0n) is 14.8. The number of anilines is 2. The van der Waals surface area contributed by atoms with E-state index in [-0.39, 0.29) is 24.0 Å². The van der Waals surface area contributed by atoms with Crippen LogP contribution in [0.3, 0.4) is 0 Å². The predicted octanol–water partition coefficient (Wildman–Crippen LogP) is 2.49. The van der Waals surface area contributed by atoms with E-state index in [1.54, 1.807) is 23.2 Å². The number of benzene rings is 1. The molecule has 0 aliphatic heterocycles. The highest BCUT2D eigenvalue weighted by molar-refractivity contribution is 7.99. The summed E-state index contributed by atoms with van der Waals surface area (Å²) in [4.78, 5) is 28.2. The molecule has 0 bridgehead atoms. The molecule has 1 aromatic carbocycles. The number of nitrogens with one attached hydrogen (secondary N) is 2. The molecule has 0 aliphatic rings. The number of rotatable bonds is 7. The van der Waals surface area contributed by atoms with Gasteiger partial charge in [0.05, 0.1) is 12.2 Å². The molecule has 0 saturated heterocycles. The van der Waals surface area contributed by atoms with Gasteiger partial charge in [0.1, 0.15) is 5.82 Å². The average Bonchev–Trinajstić information content (AvgIpc) is 3.26. The maximum Gasteiger partial charge on any atom is 0.236 e. The molecule has 2 N–H and O–H groups in total. The van der Waals surface area contributed by atoms with Crippen LogP contribution in [0.5, 0.6) is 0 Å². The summed E-state index contributed by atoms with van der Waals surface area (Å²) in [6.45, 7) is 1.93. The minimum atomic E-state index is -0.170. The van der Waals surface area contributed by atoms with Crippen LogP contribution in [-0.4, -0.2) is 37.3 Å². The van der Waals surface area contributed by atoms with Crippen LogP contribution in [0.15, 0.2) is 41.0 Å². The lowest BCUT2D eigenvalue weighted by Crippen LogP contribution is -2.17. The van der Waals surface area contributed by atoms with Crippen molar-refractivity contribution in [2.24, 2.45) is 7.05 Å². The highest BCUT2D eigenvalue weighted by atomic mass is 32.2. The van der Waals surface area contributed by atoms with Crippen molar-refractivity contribution in [2.75, 3.05) is 16.4 Å². The van der Waals surface area contributed by atoms with E-state index in [0.29, 0.717) is 16.1 Å². The third-order valence-corrected chi connectivity index (χ3v) is 5.38. The van der Waals surface area contributed by atoms with E-state index in [2.05, 4.69) is 25.8 Å². The molecule has 2 aromatic heterocycles. The van der Waals surface area contributed by atoms with E-state index in [4.69, 9.17) is 0 Å². The number of thiazole rings is 1. The molecule has 2 amide bonds. The van der Waals surface area contributed by atoms with Gasteiger partial charge in [0.25, 0.3) is 0 Å². The van der Waals surface area contributed by atoms with Gasteiger partial charge in [-0.2, -0.15) is 0 Å². The summed E-state index contributed by atoms with van der Waals surface area (Å²) in [5.74, 6) is 0.375. The third-order valence-electron chi connectivity index (χ3n) is 3.67. The van der Waals surface area contributed by atoms with Gasteiger partial charge in [-0.05, 0) is 18.6 Å². The Hall–Kier alpha value is -2.72. The molecule has 140 valence electrons. The molecular weight excluding hydrogens is 384 g/mol. The maximum absolute atomic E-state index is 12.3. The van der Waals surface area contributed by atoms with E-state index in [0.717, 1.165) is 11.3 Å². The van der Waals surface area contributed by atoms with Gasteiger partial charge in [0.2, 0.25) is 11.8 Å². The monoisotopic (exact) mass is 402 g/mol. The smallest absolute Gasteiger partial charge is 0.236 e. The highest BCUT2D eigenvalue weighted by Crippen LogP contribution is 2.18. The summed E-state index contributed by atoms with van der Waals surface area (Å²) in [5, 5.41) is 16.6. The fraction of sp³-hybridized carbons (Fsp3) is 0.235. The number of carbonyl (C=O) groups is 2. The van der Waals surface area contributed by atoms with Crippen molar-refractivity contribution in [3.63, 3.8) is 0 Å². The second-order valence-corrected chi connectivity index (χ2v) is 7.51. The Morgan fingerprint density at radius 1 is 1.19 bits per heavy atom. The summed E-state index contributed by atoms with van der Waals surface area (Å²) in [6.07, 6.45) is 1.73. The number of nitrogens with zero attached hydrogens (tertiary/aromatic N) is 4. The van der Waals surface area contributed by atoms with Gasteiger partial charge in [-0.1, -0.05) is 30.0 Å². The number of amides is 2. The number of aryl methyl sites for hydroxylation is 1. The first-order chi connectivity index (χ1) is 13.0. The maximum atomic E-state index is 12.3. The van der Waals surface area contributed by atoms with Crippen LogP contribution in [-0.2, 0) is 23.1 Å². The standard InChI is InChI=1S/C17H18N6O2S2/c1-11-5-3-4-6-12(11)19-14(24)9-13-21-22-17(23(13)2)27-10-15(25)20-16-18-7-8-26-16/h3-8H,9-10H2,1-2H3,(H,19,24)(H,18,20,25). The van der Waals surface area contributed by atoms with Gasteiger partial charge in [-0.3, -0.25) is 9.59 Å². The normalized spacial score (nSPS) is 10.6. The van der Waals surface area contributed by atoms with E-state index in [9.17, 15) is 9.59 Å². The largest absolute Gasteiger partial charge is 0.325 e. The SMILES string of the molecule is Cc1ccccc1NC(=O)Cc1nnc(SCC(=O)Nc2nccs2)n1C. The van der Waals surface area contributed by atoms with Gasteiger partial charge < -0.3 is 15.2 Å². The molecule has 0 radical (unpaired) electrons. The molecule has 10 heteroatoms. The van der Waals surface area contributed by atoms with Crippen LogP contribution in [0.2, 0.25) is 0 Å². The Morgan fingerprint density at radius 3 is 2.74 bits per heavy atom. The lowest BCUT2D eigenvalue weighted by Gasteiger charge is -2.08. The lowest BCUT2D eigenvalue weighted by molar-refractivity contribution is -0.116. The fourth-order valence-electron chi connectivity index (χ4n) is 2.25. The topological polar surface area (TPSA) is 102 Å². The Kier molecular flexibility index (Phi) is 6.20. The molecule has 0 atom stereocenters. The Balaban J connectivity index is 1.54. The number of aromatic nitrogens is 4. The first-order valence-electron chi connectivity index (χ1n) is 8.09. The average molecular weight is 403 g/mol. The summed E-state index contributed by atoms with van der Waals surface area (Å²) in [7, 11) is 1.78. The molecule has 3 aromatic rings. The fourth-order valence-corrected chi connectivity index (χ4v) is 3.52. The second-order valence-electron chi connectivity index (χ2n) is 5.67. The number of para-hydroxylation sites is 1. The van der Waals surface area contributed by atoms with Crippen molar-refractivity contribution in [1.29, 1.82) is 0 Å². The van der Waals surface area contributed by atoms with Crippen molar-refractivity contribution in [2.45, 2.75) is 18.5 Å². The van der Waals surface area contributed by atoms with Crippen LogP contribution in [0.4, 0.5) is 10.8 Å². The van der Waals surface area contributed by atoms with Crippen molar-refractivity contribution in [1.82, 2.24) is 19.7 Å². The van der Waals surface area contributed by atoms with E-state index < -0.39 is 0 Å². The summed E-state index contributed by atoms with van der Waals surface area (Å²) in [6, 6.07) is 7.58. The summed E-state index contributed by atoms with van der Waals surface area (Å²) < 4.78 is 1.72. The number of hydrogen-bond acceptors (Lipinski definition) is 7. The van der Waals surface area contributed by atoms with Crippen molar-refractivity contribution >= 4 is 45.7 Å². The van der Waals surface area contributed by atoms with Crippen LogP contribution >= 0.6 is 23.1 Å². The minimum Gasteiger partial charge on any atom is -0.325 e. The van der Waals surface area contributed by atoms with Crippen LogP contribution in [0.1, 0.15) is 11.4 Å². The Labute approximate surface area is 164 Å². The molecule has 0 spiro atoms. The molecule has 3 rings (SSSR count). The number of hydrogen-bond donors (Lipinski definition) is 2. The van der Waals surface area contributed by atoms with E-state index >= 15 is 0 Å². The van der Waals surface area contributed by atoms with E-state index in [1.807, 2.05) is 31.2 Å². The van der Waals surface area contributed by atoms with Gasteiger partial charge in [0.15, 0.2) is 10.3 Å². The van der Waals surface area contributed by atoms with Crippen LogP contribution in [0.25, 0.3) is 0 Å². The zero-order valence-corrected chi connectivity index (χ0v) is 16.4. The second kappa shape index (κ2) is 8.78. The molecule has 0 saturated carbocycles. The van der Waals surface area contributed by atoms with Gasteiger partial charge >= 0.3 is 0 Å². The predicted molar refractivity (Wildman–Crippen MR) is 106 cm³/mol. The summed E-state index contributed by atoms with van der Waals surface area (Å²) >= 11 is 2.61. The van der Waals surface area contributed by atoms with Crippen molar-refractivity contribution in [3.8, 4) is 0 Å². The quantitative estimate of drug-likeness (QED) is 0.589. The van der Waals surface area contributed by atoms with Crippen molar-refractivity contribution < 1.29 is 9.59 Å². The lowest BCUT2D eigenvalue weighted by atomic mass is 10.2. The molecule has 0 fully saturated rings. The first kappa shape index (κ1) is 19.1. The molecule has 0 aliphatic carbocycles. The number of carbonyl (C=O) groups excluding carboxylic acids is 2. The first-order valence-corrected chi connectivity index (χ1v) is 9.95. The molecule has 8 nitrogen and oxygen atoms in total. The molecule has 2 heterocycles. The third kappa shape index (κ3) is 5.14. The zero-order chi connectivity index (χ0) is 19.2. The van der Waals surface area contributed by atoms with E-state index in [1.165, 1.54) is 23.1 Å². The Morgan fingerprint density at radius 2 is 2.00 bits per heavy atom. The summed E-state index contributed by atoms with van der Waals surface area (Å²) in [5.41, 5.74) is 1.77. The van der Waals surface area contributed by atoms with Crippen LogP contribution in [0, 0.1) is 6.92 Å². The number of thioether (sulfide) groups is 1. The van der Waals surface area contributed by atoms with Gasteiger partial charge in [-0.15, -0.1) is 21.5 Å². The molecule has 0 unspecified atom stereocenters. The molecule has 27 heavy (non-hydrogen) atoms. The van der Waals surface area contributed by atoms with Crippen LogP contribution < -0.4 is 10.6 Å². The Bertz CT molecular complexity index is 939.